The standard InChI is InChI=1S/C15H22N2O3S/c1-3-11-8-12(21-10(11)2)13(18)17-9-15(14(16)19)4-6-20-7-5-15/h8H,3-7,9H2,1-2H3,(H2,16,19)(H,17,18). The number of ether oxygens (including phenoxy) is 1. The molecule has 116 valence electrons. The summed E-state index contributed by atoms with van der Waals surface area (Å²) in [6.07, 6.45) is 2.04. The van der Waals surface area contributed by atoms with Crippen LogP contribution in [0.3, 0.4) is 0 Å². The summed E-state index contributed by atoms with van der Waals surface area (Å²) in [5, 5.41) is 2.87. The first-order chi connectivity index (χ1) is 9.98. The Morgan fingerprint density at radius 2 is 2.10 bits per heavy atom. The normalized spacial score (nSPS) is 17.4. The van der Waals surface area contributed by atoms with Crippen molar-refractivity contribution in [3.63, 3.8) is 0 Å². The summed E-state index contributed by atoms with van der Waals surface area (Å²) in [6, 6.07) is 1.93. The van der Waals surface area contributed by atoms with Gasteiger partial charge in [0.15, 0.2) is 0 Å². The van der Waals surface area contributed by atoms with E-state index in [1.165, 1.54) is 21.8 Å². The number of aryl methyl sites for hydroxylation is 2. The van der Waals surface area contributed by atoms with E-state index in [2.05, 4.69) is 12.2 Å². The molecule has 0 aromatic carbocycles. The van der Waals surface area contributed by atoms with Crippen molar-refractivity contribution in [3.8, 4) is 0 Å². The van der Waals surface area contributed by atoms with Crippen LogP contribution in [0.15, 0.2) is 6.07 Å². The van der Waals surface area contributed by atoms with Gasteiger partial charge in [-0.1, -0.05) is 6.92 Å². The van der Waals surface area contributed by atoms with Gasteiger partial charge in [0, 0.05) is 24.6 Å². The minimum absolute atomic E-state index is 0.130. The molecule has 0 bridgehead atoms. The van der Waals surface area contributed by atoms with Crippen molar-refractivity contribution in [3.05, 3.63) is 21.4 Å². The first-order valence-electron chi connectivity index (χ1n) is 7.23. The molecule has 2 heterocycles. The first kappa shape index (κ1) is 16.0. The molecule has 21 heavy (non-hydrogen) atoms. The summed E-state index contributed by atoms with van der Waals surface area (Å²) in [5.74, 6) is -0.488. The van der Waals surface area contributed by atoms with E-state index in [-0.39, 0.29) is 18.4 Å². The van der Waals surface area contributed by atoms with Crippen molar-refractivity contribution in [1.82, 2.24) is 5.32 Å². The highest BCUT2D eigenvalue weighted by atomic mass is 32.1. The van der Waals surface area contributed by atoms with Crippen LogP contribution < -0.4 is 11.1 Å². The van der Waals surface area contributed by atoms with Crippen LogP contribution in [0.5, 0.6) is 0 Å². The maximum absolute atomic E-state index is 12.2. The minimum Gasteiger partial charge on any atom is -0.381 e. The van der Waals surface area contributed by atoms with E-state index in [0.29, 0.717) is 30.9 Å². The van der Waals surface area contributed by atoms with Gasteiger partial charge in [-0.05, 0) is 37.8 Å². The molecule has 0 saturated carbocycles. The molecule has 1 aromatic heterocycles. The van der Waals surface area contributed by atoms with Gasteiger partial charge in [-0.3, -0.25) is 9.59 Å². The predicted molar refractivity (Wildman–Crippen MR) is 82.4 cm³/mol. The van der Waals surface area contributed by atoms with Crippen molar-refractivity contribution in [2.45, 2.75) is 33.1 Å². The van der Waals surface area contributed by atoms with E-state index >= 15 is 0 Å². The molecule has 0 spiro atoms. The van der Waals surface area contributed by atoms with Crippen LogP contribution in [0.1, 0.15) is 39.9 Å². The summed E-state index contributed by atoms with van der Waals surface area (Å²) in [4.78, 5) is 25.9. The topological polar surface area (TPSA) is 81.4 Å². The largest absolute Gasteiger partial charge is 0.381 e. The van der Waals surface area contributed by atoms with Crippen molar-refractivity contribution >= 4 is 23.2 Å². The van der Waals surface area contributed by atoms with E-state index < -0.39 is 5.41 Å². The lowest BCUT2D eigenvalue weighted by Crippen LogP contribution is -2.49. The molecule has 1 saturated heterocycles. The van der Waals surface area contributed by atoms with E-state index in [1.807, 2.05) is 13.0 Å². The molecule has 1 aromatic rings. The molecule has 0 unspecified atom stereocenters. The third-order valence-electron chi connectivity index (χ3n) is 4.19. The summed E-state index contributed by atoms with van der Waals surface area (Å²) in [7, 11) is 0. The second-order valence-electron chi connectivity index (χ2n) is 5.49. The van der Waals surface area contributed by atoms with E-state index in [4.69, 9.17) is 10.5 Å². The fourth-order valence-electron chi connectivity index (χ4n) is 2.59. The maximum Gasteiger partial charge on any atom is 0.261 e. The quantitative estimate of drug-likeness (QED) is 0.867. The number of carbonyl (C=O) groups is 2. The van der Waals surface area contributed by atoms with Gasteiger partial charge in [0.25, 0.3) is 5.91 Å². The zero-order valence-corrected chi connectivity index (χ0v) is 13.3. The van der Waals surface area contributed by atoms with Crippen molar-refractivity contribution < 1.29 is 14.3 Å². The predicted octanol–water partition coefficient (Wildman–Crippen LogP) is 1.63. The number of amides is 2. The summed E-state index contributed by atoms with van der Waals surface area (Å²) < 4.78 is 5.28. The van der Waals surface area contributed by atoms with Gasteiger partial charge in [-0.15, -0.1) is 11.3 Å². The Hall–Kier alpha value is -1.40. The number of nitrogens with one attached hydrogen (secondary N) is 1. The summed E-state index contributed by atoms with van der Waals surface area (Å²) in [5.41, 5.74) is 6.06. The highest BCUT2D eigenvalue weighted by Crippen LogP contribution is 2.30. The van der Waals surface area contributed by atoms with Gasteiger partial charge in [-0.2, -0.15) is 0 Å². The molecule has 1 fully saturated rings. The van der Waals surface area contributed by atoms with Crippen LogP contribution in [-0.4, -0.2) is 31.6 Å². The Morgan fingerprint density at radius 1 is 1.43 bits per heavy atom. The zero-order chi connectivity index (χ0) is 15.5. The van der Waals surface area contributed by atoms with Crippen LogP contribution in [0.4, 0.5) is 0 Å². The van der Waals surface area contributed by atoms with Crippen molar-refractivity contribution in [2.75, 3.05) is 19.8 Å². The molecule has 6 heteroatoms. The maximum atomic E-state index is 12.2. The second-order valence-corrected chi connectivity index (χ2v) is 6.74. The smallest absolute Gasteiger partial charge is 0.261 e. The SMILES string of the molecule is CCc1cc(C(=O)NCC2(C(N)=O)CCOCC2)sc1C. The van der Waals surface area contributed by atoms with Crippen LogP contribution in [0.2, 0.25) is 0 Å². The molecule has 1 aliphatic heterocycles. The summed E-state index contributed by atoms with van der Waals surface area (Å²) in [6.45, 7) is 5.39. The van der Waals surface area contributed by atoms with Gasteiger partial charge in [-0.25, -0.2) is 0 Å². The Balaban J connectivity index is 2.03. The Bertz CT molecular complexity index is 533. The van der Waals surface area contributed by atoms with Gasteiger partial charge >= 0.3 is 0 Å². The van der Waals surface area contributed by atoms with E-state index in [9.17, 15) is 9.59 Å². The lowest BCUT2D eigenvalue weighted by atomic mass is 9.79. The van der Waals surface area contributed by atoms with Crippen LogP contribution in [-0.2, 0) is 16.0 Å². The monoisotopic (exact) mass is 310 g/mol. The Labute approximate surface area is 128 Å². The lowest BCUT2D eigenvalue weighted by Gasteiger charge is -2.34. The molecule has 2 amide bonds. The fraction of sp³-hybridized carbons (Fsp3) is 0.600. The molecular weight excluding hydrogens is 288 g/mol. The molecule has 3 N–H and O–H groups in total. The number of thiophene rings is 1. The lowest BCUT2D eigenvalue weighted by molar-refractivity contribution is -0.132. The number of hydrogen-bond acceptors (Lipinski definition) is 4. The minimum atomic E-state index is -0.673. The van der Waals surface area contributed by atoms with Gasteiger partial charge in [0.1, 0.15) is 0 Å². The number of primary amides is 1. The molecule has 1 aliphatic rings. The third kappa shape index (κ3) is 3.44. The van der Waals surface area contributed by atoms with E-state index in [0.717, 1.165) is 6.42 Å². The van der Waals surface area contributed by atoms with Gasteiger partial charge in [0.05, 0.1) is 10.3 Å². The molecule has 0 radical (unpaired) electrons. The first-order valence-corrected chi connectivity index (χ1v) is 8.05. The molecule has 5 nitrogen and oxygen atoms in total. The molecular formula is C15H22N2O3S. The third-order valence-corrected chi connectivity index (χ3v) is 5.28. The van der Waals surface area contributed by atoms with Gasteiger partial charge < -0.3 is 15.8 Å². The van der Waals surface area contributed by atoms with Crippen molar-refractivity contribution in [2.24, 2.45) is 11.1 Å². The van der Waals surface area contributed by atoms with Crippen molar-refractivity contribution in [1.29, 1.82) is 0 Å². The van der Waals surface area contributed by atoms with Crippen LogP contribution in [0.25, 0.3) is 0 Å². The molecule has 0 aliphatic carbocycles. The number of nitrogens with two attached hydrogens (primary N) is 1. The fourth-order valence-corrected chi connectivity index (χ4v) is 3.62. The summed E-state index contributed by atoms with van der Waals surface area (Å²) >= 11 is 1.49. The molecule has 2 rings (SSSR count). The Morgan fingerprint density at radius 3 is 2.62 bits per heavy atom. The number of hydrogen-bond donors (Lipinski definition) is 2. The zero-order valence-electron chi connectivity index (χ0n) is 12.5. The second kappa shape index (κ2) is 6.58. The van der Waals surface area contributed by atoms with E-state index in [1.54, 1.807) is 0 Å². The average molecular weight is 310 g/mol. The highest BCUT2D eigenvalue weighted by Gasteiger charge is 2.38. The van der Waals surface area contributed by atoms with Gasteiger partial charge in [0.2, 0.25) is 5.91 Å². The number of rotatable bonds is 5. The average Bonchev–Trinajstić information content (AvgIpc) is 2.86. The Kier molecular flexibility index (Phi) is 5.00. The van der Waals surface area contributed by atoms with Crippen LogP contribution in [0, 0.1) is 12.3 Å². The number of carbonyl (C=O) groups excluding carboxylic acids is 2. The highest BCUT2D eigenvalue weighted by molar-refractivity contribution is 7.14. The molecule has 0 atom stereocenters. The van der Waals surface area contributed by atoms with Crippen LogP contribution >= 0.6 is 11.3 Å².